The van der Waals surface area contributed by atoms with Crippen LogP contribution in [-0.2, 0) is 4.74 Å². The lowest BCUT2D eigenvalue weighted by Gasteiger charge is -2.09. The van der Waals surface area contributed by atoms with Gasteiger partial charge >= 0.3 is 5.97 Å². The van der Waals surface area contributed by atoms with Crippen LogP contribution in [0.15, 0.2) is 18.2 Å². The van der Waals surface area contributed by atoms with E-state index in [1.807, 2.05) is 0 Å². The number of carbonyl (C=O) groups is 1. The zero-order chi connectivity index (χ0) is 10.6. The summed E-state index contributed by atoms with van der Waals surface area (Å²) >= 11 is 0. The number of carboxylic acids is 1. The van der Waals surface area contributed by atoms with Crippen molar-refractivity contribution in [2.24, 2.45) is 0 Å². The van der Waals surface area contributed by atoms with Crippen molar-refractivity contribution < 1.29 is 19.4 Å². The molecule has 0 spiro atoms. The zero-order valence-corrected chi connectivity index (χ0v) is 8.11. The Bertz CT molecular complexity index is 333. The standard InChI is InChI=1S/C10H12O4/c1-7-8(10(11)12)4-3-5-9(7)14-6-13-2/h3-5H,6H2,1-2H3,(H,11,12). The second-order valence-electron chi connectivity index (χ2n) is 2.78. The highest BCUT2D eigenvalue weighted by molar-refractivity contribution is 5.90. The van der Waals surface area contributed by atoms with E-state index in [1.54, 1.807) is 19.1 Å². The molecule has 4 nitrogen and oxygen atoms in total. The van der Waals surface area contributed by atoms with Crippen molar-refractivity contribution in [3.8, 4) is 5.75 Å². The zero-order valence-electron chi connectivity index (χ0n) is 8.11. The van der Waals surface area contributed by atoms with Gasteiger partial charge < -0.3 is 14.6 Å². The third-order valence-electron chi connectivity index (χ3n) is 1.85. The molecular weight excluding hydrogens is 184 g/mol. The van der Waals surface area contributed by atoms with E-state index < -0.39 is 5.97 Å². The van der Waals surface area contributed by atoms with Gasteiger partial charge in [0.05, 0.1) is 5.56 Å². The van der Waals surface area contributed by atoms with Crippen LogP contribution in [0.4, 0.5) is 0 Å². The molecule has 1 N–H and O–H groups in total. The fourth-order valence-electron chi connectivity index (χ4n) is 1.12. The summed E-state index contributed by atoms with van der Waals surface area (Å²) < 4.78 is 9.92. The number of aromatic carboxylic acids is 1. The molecule has 0 aliphatic rings. The van der Waals surface area contributed by atoms with Gasteiger partial charge in [-0.25, -0.2) is 4.79 Å². The van der Waals surface area contributed by atoms with Crippen molar-refractivity contribution in [1.29, 1.82) is 0 Å². The maximum atomic E-state index is 10.8. The lowest BCUT2D eigenvalue weighted by Crippen LogP contribution is -2.04. The lowest BCUT2D eigenvalue weighted by molar-refractivity contribution is 0.0502. The second-order valence-corrected chi connectivity index (χ2v) is 2.78. The molecule has 0 amide bonds. The average molecular weight is 196 g/mol. The molecule has 0 unspecified atom stereocenters. The van der Waals surface area contributed by atoms with E-state index in [-0.39, 0.29) is 12.4 Å². The first-order chi connectivity index (χ1) is 6.66. The Morgan fingerprint density at radius 1 is 1.50 bits per heavy atom. The molecule has 1 aromatic carbocycles. The highest BCUT2D eigenvalue weighted by Gasteiger charge is 2.10. The number of rotatable bonds is 4. The van der Waals surface area contributed by atoms with E-state index in [9.17, 15) is 4.79 Å². The van der Waals surface area contributed by atoms with E-state index in [0.717, 1.165) is 0 Å². The summed E-state index contributed by atoms with van der Waals surface area (Å²) in [6.45, 7) is 1.82. The predicted molar refractivity (Wildman–Crippen MR) is 50.6 cm³/mol. The molecular formula is C10H12O4. The van der Waals surface area contributed by atoms with Gasteiger partial charge in [0.2, 0.25) is 0 Å². The number of ether oxygens (including phenoxy) is 2. The number of hydrogen-bond donors (Lipinski definition) is 1. The summed E-state index contributed by atoms with van der Waals surface area (Å²) in [5, 5.41) is 8.83. The van der Waals surface area contributed by atoms with E-state index >= 15 is 0 Å². The van der Waals surface area contributed by atoms with Crippen molar-refractivity contribution >= 4 is 5.97 Å². The van der Waals surface area contributed by atoms with Crippen LogP contribution in [-0.4, -0.2) is 25.0 Å². The van der Waals surface area contributed by atoms with Gasteiger partial charge in [0, 0.05) is 12.7 Å². The van der Waals surface area contributed by atoms with Crippen LogP contribution in [0, 0.1) is 6.92 Å². The van der Waals surface area contributed by atoms with Crippen LogP contribution in [0.1, 0.15) is 15.9 Å². The van der Waals surface area contributed by atoms with Crippen LogP contribution in [0.3, 0.4) is 0 Å². The maximum Gasteiger partial charge on any atom is 0.336 e. The second kappa shape index (κ2) is 4.62. The maximum absolute atomic E-state index is 10.8. The van der Waals surface area contributed by atoms with Gasteiger partial charge in [-0.3, -0.25) is 0 Å². The third-order valence-corrected chi connectivity index (χ3v) is 1.85. The summed E-state index contributed by atoms with van der Waals surface area (Å²) in [4.78, 5) is 10.8. The molecule has 14 heavy (non-hydrogen) atoms. The van der Waals surface area contributed by atoms with E-state index in [4.69, 9.17) is 14.6 Å². The molecule has 0 aliphatic heterocycles. The first-order valence-corrected chi connectivity index (χ1v) is 4.11. The summed E-state index contributed by atoms with van der Waals surface area (Å²) in [5.41, 5.74) is 0.857. The Labute approximate surface area is 82.1 Å². The molecule has 0 heterocycles. The number of benzene rings is 1. The molecule has 0 radical (unpaired) electrons. The molecule has 0 aromatic heterocycles. The van der Waals surface area contributed by atoms with Crippen molar-refractivity contribution in [3.05, 3.63) is 29.3 Å². The summed E-state index contributed by atoms with van der Waals surface area (Å²) in [7, 11) is 1.51. The smallest absolute Gasteiger partial charge is 0.336 e. The number of hydrogen-bond acceptors (Lipinski definition) is 3. The molecule has 0 fully saturated rings. The molecule has 76 valence electrons. The topological polar surface area (TPSA) is 55.8 Å². The molecule has 1 rings (SSSR count). The lowest BCUT2D eigenvalue weighted by atomic mass is 10.1. The first-order valence-electron chi connectivity index (χ1n) is 4.11. The minimum absolute atomic E-state index is 0.115. The van der Waals surface area contributed by atoms with Crippen LogP contribution >= 0.6 is 0 Å². The van der Waals surface area contributed by atoms with Gasteiger partial charge in [0.1, 0.15) is 5.75 Å². The van der Waals surface area contributed by atoms with Crippen molar-refractivity contribution in [2.75, 3.05) is 13.9 Å². The van der Waals surface area contributed by atoms with Gasteiger partial charge in [0.25, 0.3) is 0 Å². The van der Waals surface area contributed by atoms with Gasteiger partial charge in [-0.1, -0.05) is 6.07 Å². The van der Waals surface area contributed by atoms with Crippen molar-refractivity contribution in [1.82, 2.24) is 0 Å². The summed E-state index contributed by atoms with van der Waals surface area (Å²) in [6.07, 6.45) is 0. The highest BCUT2D eigenvalue weighted by atomic mass is 16.7. The fourth-order valence-corrected chi connectivity index (χ4v) is 1.12. The Morgan fingerprint density at radius 2 is 2.21 bits per heavy atom. The van der Waals surface area contributed by atoms with Gasteiger partial charge in [-0.2, -0.15) is 0 Å². The van der Waals surface area contributed by atoms with E-state index in [1.165, 1.54) is 13.2 Å². The van der Waals surface area contributed by atoms with Crippen molar-refractivity contribution in [2.45, 2.75) is 6.92 Å². The average Bonchev–Trinajstić information content (AvgIpc) is 2.16. The fraction of sp³-hybridized carbons (Fsp3) is 0.300. The molecule has 0 aliphatic carbocycles. The Morgan fingerprint density at radius 3 is 2.79 bits per heavy atom. The summed E-state index contributed by atoms with van der Waals surface area (Å²) in [6, 6.07) is 4.89. The molecule has 0 atom stereocenters. The van der Waals surface area contributed by atoms with Crippen LogP contribution in [0.25, 0.3) is 0 Å². The minimum atomic E-state index is -0.953. The summed E-state index contributed by atoms with van der Waals surface area (Å²) in [5.74, 6) is -0.419. The van der Waals surface area contributed by atoms with Gasteiger partial charge in [-0.15, -0.1) is 0 Å². The largest absolute Gasteiger partial charge is 0.478 e. The monoisotopic (exact) mass is 196 g/mol. The molecule has 0 bridgehead atoms. The number of methoxy groups -OCH3 is 1. The quantitative estimate of drug-likeness (QED) is 0.744. The van der Waals surface area contributed by atoms with Crippen LogP contribution in [0.2, 0.25) is 0 Å². The third kappa shape index (κ3) is 2.23. The van der Waals surface area contributed by atoms with Crippen LogP contribution in [0.5, 0.6) is 5.75 Å². The Kier molecular flexibility index (Phi) is 3.48. The molecule has 0 saturated carbocycles. The Hall–Kier alpha value is -1.55. The SMILES string of the molecule is COCOc1cccc(C(=O)O)c1C. The van der Waals surface area contributed by atoms with Crippen molar-refractivity contribution in [3.63, 3.8) is 0 Å². The van der Waals surface area contributed by atoms with Crippen LogP contribution < -0.4 is 4.74 Å². The molecule has 0 saturated heterocycles. The van der Waals surface area contributed by atoms with Gasteiger partial charge in [0.15, 0.2) is 6.79 Å². The molecule has 4 heteroatoms. The van der Waals surface area contributed by atoms with E-state index in [2.05, 4.69) is 0 Å². The Balaban J connectivity index is 2.95. The van der Waals surface area contributed by atoms with Gasteiger partial charge in [-0.05, 0) is 19.1 Å². The predicted octanol–water partition coefficient (Wildman–Crippen LogP) is 1.68. The first kappa shape index (κ1) is 10.5. The number of carboxylic acid groups (broad SMARTS) is 1. The highest BCUT2D eigenvalue weighted by Crippen LogP contribution is 2.21. The van der Waals surface area contributed by atoms with E-state index in [0.29, 0.717) is 11.3 Å². The minimum Gasteiger partial charge on any atom is -0.478 e. The normalized spacial score (nSPS) is 9.86. The molecule has 1 aromatic rings.